The van der Waals surface area contributed by atoms with Crippen molar-refractivity contribution in [1.82, 2.24) is 14.5 Å². The van der Waals surface area contributed by atoms with Crippen molar-refractivity contribution in [2.75, 3.05) is 39.2 Å². The number of hydrogen-bond donors (Lipinski definition) is 1. The highest BCUT2D eigenvalue weighted by molar-refractivity contribution is 5.92. The number of methoxy groups -OCH3 is 2. The fraction of sp³-hybridized carbons (Fsp3) is 0.500. The van der Waals surface area contributed by atoms with E-state index in [1.165, 1.54) is 0 Å². The van der Waals surface area contributed by atoms with Crippen molar-refractivity contribution in [1.29, 1.82) is 0 Å². The lowest BCUT2D eigenvalue weighted by molar-refractivity contribution is -0.117. The standard InChI is InChI=1S/C20H28N4O3/c1-15-21-8-11-24(15)13-16-6-9-23(10-7-16)14-20(25)22-17-4-5-18(26-2)19(12-17)27-3/h4-5,8,11-12,16H,6-7,9-10,13-14H2,1-3H3,(H,22,25). The van der Waals surface area contributed by atoms with Crippen LogP contribution >= 0.6 is 0 Å². The number of imidazole rings is 1. The first-order valence-corrected chi connectivity index (χ1v) is 9.31. The maximum absolute atomic E-state index is 12.4. The number of amides is 1. The Morgan fingerprint density at radius 3 is 2.59 bits per heavy atom. The molecule has 0 radical (unpaired) electrons. The zero-order valence-electron chi connectivity index (χ0n) is 16.3. The summed E-state index contributed by atoms with van der Waals surface area (Å²) in [7, 11) is 3.17. The number of carbonyl (C=O) groups excluding carboxylic acids is 1. The number of anilines is 1. The van der Waals surface area contributed by atoms with Crippen LogP contribution in [-0.2, 0) is 11.3 Å². The summed E-state index contributed by atoms with van der Waals surface area (Å²) in [4.78, 5) is 18.9. The van der Waals surface area contributed by atoms with Crippen LogP contribution in [0.2, 0.25) is 0 Å². The molecule has 0 saturated carbocycles. The number of ether oxygens (including phenoxy) is 2. The molecular formula is C20H28N4O3. The van der Waals surface area contributed by atoms with Gasteiger partial charge in [-0.3, -0.25) is 9.69 Å². The first-order chi connectivity index (χ1) is 13.1. The number of hydrogen-bond acceptors (Lipinski definition) is 5. The van der Waals surface area contributed by atoms with E-state index in [-0.39, 0.29) is 5.91 Å². The highest BCUT2D eigenvalue weighted by Gasteiger charge is 2.21. The van der Waals surface area contributed by atoms with Gasteiger partial charge < -0.3 is 19.4 Å². The Hall–Kier alpha value is -2.54. The number of carbonyl (C=O) groups is 1. The van der Waals surface area contributed by atoms with E-state index in [2.05, 4.69) is 19.8 Å². The summed E-state index contributed by atoms with van der Waals surface area (Å²) in [6.07, 6.45) is 6.09. The lowest BCUT2D eigenvalue weighted by Gasteiger charge is -2.31. The van der Waals surface area contributed by atoms with Gasteiger partial charge in [-0.15, -0.1) is 0 Å². The predicted molar refractivity (Wildman–Crippen MR) is 104 cm³/mol. The van der Waals surface area contributed by atoms with Gasteiger partial charge >= 0.3 is 0 Å². The Labute approximate surface area is 160 Å². The first kappa shape index (κ1) is 19.2. The third-order valence-electron chi connectivity index (χ3n) is 5.12. The fourth-order valence-corrected chi connectivity index (χ4v) is 3.52. The number of piperidine rings is 1. The summed E-state index contributed by atoms with van der Waals surface area (Å²) in [6.45, 7) is 5.34. The lowest BCUT2D eigenvalue weighted by Crippen LogP contribution is -2.40. The molecule has 1 N–H and O–H groups in total. The molecule has 1 aromatic carbocycles. The van der Waals surface area contributed by atoms with Crippen LogP contribution in [-0.4, -0.2) is 54.2 Å². The highest BCUT2D eigenvalue weighted by Crippen LogP contribution is 2.29. The van der Waals surface area contributed by atoms with Crippen LogP contribution in [0.25, 0.3) is 0 Å². The van der Waals surface area contributed by atoms with E-state index in [0.717, 1.165) is 38.3 Å². The molecule has 0 unspecified atom stereocenters. The summed E-state index contributed by atoms with van der Waals surface area (Å²) in [5.74, 6) is 2.94. The minimum atomic E-state index is -0.00822. The molecule has 0 spiro atoms. The van der Waals surface area contributed by atoms with Crippen LogP contribution in [0.3, 0.4) is 0 Å². The maximum atomic E-state index is 12.4. The van der Waals surface area contributed by atoms with Gasteiger partial charge in [0.15, 0.2) is 11.5 Å². The van der Waals surface area contributed by atoms with Crippen molar-refractivity contribution in [2.24, 2.45) is 5.92 Å². The maximum Gasteiger partial charge on any atom is 0.238 e. The molecule has 2 heterocycles. The second-order valence-electron chi connectivity index (χ2n) is 6.96. The van der Waals surface area contributed by atoms with Gasteiger partial charge in [-0.05, 0) is 50.9 Å². The summed E-state index contributed by atoms with van der Waals surface area (Å²) >= 11 is 0. The number of nitrogens with zero attached hydrogens (tertiary/aromatic N) is 3. The second-order valence-corrected chi connectivity index (χ2v) is 6.96. The molecule has 1 amide bonds. The Morgan fingerprint density at radius 2 is 1.96 bits per heavy atom. The number of likely N-dealkylation sites (tertiary alicyclic amines) is 1. The van der Waals surface area contributed by atoms with Crippen molar-refractivity contribution < 1.29 is 14.3 Å². The topological polar surface area (TPSA) is 68.6 Å². The molecule has 1 aromatic heterocycles. The molecule has 0 aliphatic carbocycles. The monoisotopic (exact) mass is 372 g/mol. The molecule has 1 fully saturated rings. The van der Waals surface area contributed by atoms with Gasteiger partial charge in [-0.25, -0.2) is 4.98 Å². The number of aromatic nitrogens is 2. The van der Waals surface area contributed by atoms with E-state index < -0.39 is 0 Å². The molecule has 1 aliphatic rings. The zero-order chi connectivity index (χ0) is 19.2. The second kappa shape index (κ2) is 8.90. The fourth-order valence-electron chi connectivity index (χ4n) is 3.52. The molecular weight excluding hydrogens is 344 g/mol. The molecule has 2 aromatic rings. The summed E-state index contributed by atoms with van der Waals surface area (Å²) in [6, 6.07) is 5.38. The van der Waals surface area contributed by atoms with Crippen LogP contribution in [0.5, 0.6) is 11.5 Å². The van der Waals surface area contributed by atoms with Crippen molar-refractivity contribution in [3.63, 3.8) is 0 Å². The van der Waals surface area contributed by atoms with Crippen molar-refractivity contribution in [2.45, 2.75) is 26.3 Å². The van der Waals surface area contributed by atoms with Crippen LogP contribution in [0.15, 0.2) is 30.6 Å². The molecule has 0 atom stereocenters. The van der Waals surface area contributed by atoms with E-state index in [0.29, 0.717) is 29.6 Å². The highest BCUT2D eigenvalue weighted by atomic mass is 16.5. The summed E-state index contributed by atoms with van der Waals surface area (Å²) < 4.78 is 12.7. The minimum Gasteiger partial charge on any atom is -0.493 e. The SMILES string of the molecule is COc1ccc(NC(=O)CN2CCC(Cn3ccnc3C)CC2)cc1OC. The molecule has 7 heteroatoms. The number of aryl methyl sites for hydroxylation is 1. The molecule has 27 heavy (non-hydrogen) atoms. The summed E-state index contributed by atoms with van der Waals surface area (Å²) in [5, 5.41) is 2.94. The normalized spacial score (nSPS) is 15.5. The van der Waals surface area contributed by atoms with Gasteiger partial charge in [0.1, 0.15) is 5.82 Å². The summed E-state index contributed by atoms with van der Waals surface area (Å²) in [5.41, 5.74) is 0.711. The molecule has 3 rings (SSSR count). The Morgan fingerprint density at radius 1 is 1.22 bits per heavy atom. The molecule has 146 valence electrons. The number of rotatable bonds is 7. The number of benzene rings is 1. The van der Waals surface area contributed by atoms with Gasteiger partial charge in [0, 0.05) is 30.7 Å². The van der Waals surface area contributed by atoms with Crippen LogP contribution in [0, 0.1) is 12.8 Å². The third-order valence-corrected chi connectivity index (χ3v) is 5.12. The largest absolute Gasteiger partial charge is 0.493 e. The lowest BCUT2D eigenvalue weighted by atomic mass is 9.96. The third kappa shape index (κ3) is 5.01. The quantitative estimate of drug-likeness (QED) is 0.809. The van der Waals surface area contributed by atoms with Crippen molar-refractivity contribution in [3.05, 3.63) is 36.4 Å². The van der Waals surface area contributed by atoms with Gasteiger partial charge in [0.25, 0.3) is 0 Å². The van der Waals surface area contributed by atoms with Crippen molar-refractivity contribution >= 4 is 11.6 Å². The minimum absolute atomic E-state index is 0.00822. The molecule has 0 bridgehead atoms. The smallest absolute Gasteiger partial charge is 0.238 e. The molecule has 1 aliphatic heterocycles. The predicted octanol–water partition coefficient (Wildman–Crippen LogP) is 2.56. The van der Waals surface area contributed by atoms with E-state index in [1.54, 1.807) is 26.4 Å². The van der Waals surface area contributed by atoms with E-state index in [9.17, 15) is 4.79 Å². The first-order valence-electron chi connectivity index (χ1n) is 9.31. The van der Waals surface area contributed by atoms with E-state index in [4.69, 9.17) is 9.47 Å². The number of nitrogens with one attached hydrogen (secondary N) is 1. The zero-order valence-corrected chi connectivity index (χ0v) is 16.3. The van der Waals surface area contributed by atoms with Gasteiger partial charge in [-0.2, -0.15) is 0 Å². The van der Waals surface area contributed by atoms with Gasteiger partial charge in [-0.1, -0.05) is 0 Å². The van der Waals surface area contributed by atoms with Gasteiger partial charge in [0.2, 0.25) is 5.91 Å². The molecule has 1 saturated heterocycles. The molecule has 7 nitrogen and oxygen atoms in total. The Bertz CT molecular complexity index is 766. The van der Waals surface area contributed by atoms with E-state index >= 15 is 0 Å². The van der Waals surface area contributed by atoms with Crippen LogP contribution in [0.4, 0.5) is 5.69 Å². The Kier molecular flexibility index (Phi) is 6.34. The van der Waals surface area contributed by atoms with Gasteiger partial charge in [0.05, 0.1) is 20.8 Å². The van der Waals surface area contributed by atoms with Crippen LogP contribution in [0.1, 0.15) is 18.7 Å². The average molecular weight is 372 g/mol. The Balaban J connectivity index is 1.46. The average Bonchev–Trinajstić information content (AvgIpc) is 3.07. The van der Waals surface area contributed by atoms with E-state index in [1.807, 2.05) is 25.4 Å². The van der Waals surface area contributed by atoms with Crippen LogP contribution < -0.4 is 14.8 Å². The van der Waals surface area contributed by atoms with Crippen molar-refractivity contribution in [3.8, 4) is 11.5 Å².